The summed E-state index contributed by atoms with van der Waals surface area (Å²) >= 11 is 0. The van der Waals surface area contributed by atoms with Gasteiger partial charge in [-0.05, 0) is 152 Å². The Balaban J connectivity index is 1.14. The SMILES string of the molecule is CCN(CC)c1cccc(-c2c(C=CC=C(c3ccc(C)cc3)c3ccc(C)cc3)ccc3c2C2CCCC2N3c2ccc(C=C(c3ccc(C)cc3)c3ccc(C)cc3)cc2)c1. The van der Waals surface area contributed by atoms with Gasteiger partial charge in [0, 0.05) is 42.1 Å². The number of hydrogen-bond acceptors (Lipinski definition) is 2. The second-order valence-corrected chi connectivity index (χ2v) is 17.7. The van der Waals surface area contributed by atoms with E-state index in [4.69, 9.17) is 0 Å². The molecule has 314 valence electrons. The van der Waals surface area contributed by atoms with E-state index in [0.29, 0.717) is 12.0 Å². The topological polar surface area (TPSA) is 6.48 Å². The quantitative estimate of drug-likeness (QED) is 0.0895. The van der Waals surface area contributed by atoms with Gasteiger partial charge in [0.1, 0.15) is 0 Å². The Morgan fingerprint density at radius 1 is 0.587 bits per heavy atom. The lowest BCUT2D eigenvalue weighted by Gasteiger charge is -2.27. The third-order valence-electron chi connectivity index (χ3n) is 13.4. The zero-order chi connectivity index (χ0) is 43.5. The van der Waals surface area contributed by atoms with Gasteiger partial charge in [-0.25, -0.2) is 0 Å². The Morgan fingerprint density at radius 2 is 1.13 bits per heavy atom. The molecule has 2 nitrogen and oxygen atoms in total. The lowest BCUT2D eigenvalue weighted by atomic mass is 9.86. The van der Waals surface area contributed by atoms with Crippen molar-refractivity contribution in [3.63, 3.8) is 0 Å². The first-order valence-electron chi connectivity index (χ1n) is 23.1. The van der Waals surface area contributed by atoms with Crippen molar-refractivity contribution < 1.29 is 0 Å². The highest BCUT2D eigenvalue weighted by Gasteiger charge is 2.44. The molecule has 0 radical (unpaired) electrons. The number of hydrogen-bond donors (Lipinski definition) is 0. The van der Waals surface area contributed by atoms with Crippen molar-refractivity contribution in [1.82, 2.24) is 0 Å². The molecule has 0 amide bonds. The molecule has 2 heteroatoms. The smallest absolute Gasteiger partial charge is 0.0456 e. The second kappa shape index (κ2) is 18.4. The van der Waals surface area contributed by atoms with E-state index in [1.807, 2.05) is 0 Å². The van der Waals surface area contributed by atoms with E-state index in [1.54, 1.807) is 0 Å². The third kappa shape index (κ3) is 8.73. The predicted octanol–water partition coefficient (Wildman–Crippen LogP) is 16.0. The molecule has 1 fully saturated rings. The molecule has 7 aromatic rings. The highest BCUT2D eigenvalue weighted by molar-refractivity contribution is 5.93. The number of allylic oxidation sites excluding steroid dienone is 2. The van der Waals surface area contributed by atoms with E-state index in [2.05, 4.69) is 233 Å². The lowest BCUT2D eigenvalue weighted by molar-refractivity contribution is 0.642. The van der Waals surface area contributed by atoms with Crippen molar-refractivity contribution >= 4 is 40.4 Å². The molecule has 2 unspecified atom stereocenters. The average molecular weight is 821 g/mol. The summed E-state index contributed by atoms with van der Waals surface area (Å²) < 4.78 is 0. The van der Waals surface area contributed by atoms with E-state index >= 15 is 0 Å². The van der Waals surface area contributed by atoms with Gasteiger partial charge in [0.15, 0.2) is 0 Å². The van der Waals surface area contributed by atoms with Crippen molar-refractivity contribution in [2.75, 3.05) is 22.9 Å². The van der Waals surface area contributed by atoms with E-state index in [0.717, 1.165) is 13.1 Å². The zero-order valence-corrected chi connectivity index (χ0v) is 37.9. The van der Waals surface area contributed by atoms with Crippen LogP contribution in [0.4, 0.5) is 17.1 Å². The molecule has 2 aliphatic rings. The monoisotopic (exact) mass is 820 g/mol. The summed E-state index contributed by atoms with van der Waals surface area (Å²) in [5.41, 5.74) is 23.0. The van der Waals surface area contributed by atoms with Crippen LogP contribution in [0.2, 0.25) is 0 Å². The van der Waals surface area contributed by atoms with Crippen molar-refractivity contribution in [1.29, 1.82) is 0 Å². The molecular weight excluding hydrogens is 761 g/mol. The van der Waals surface area contributed by atoms with Crippen LogP contribution in [-0.4, -0.2) is 19.1 Å². The van der Waals surface area contributed by atoms with Crippen LogP contribution in [0.15, 0.2) is 170 Å². The van der Waals surface area contributed by atoms with Crippen molar-refractivity contribution in [3.8, 4) is 11.1 Å². The summed E-state index contributed by atoms with van der Waals surface area (Å²) in [6.07, 6.45) is 12.9. The van der Waals surface area contributed by atoms with Gasteiger partial charge < -0.3 is 9.80 Å². The van der Waals surface area contributed by atoms with Gasteiger partial charge in [-0.3, -0.25) is 0 Å². The van der Waals surface area contributed by atoms with E-state index in [-0.39, 0.29) is 0 Å². The minimum Gasteiger partial charge on any atom is -0.372 e. The molecular formula is C61H60N2. The predicted molar refractivity (Wildman–Crippen MR) is 272 cm³/mol. The maximum Gasteiger partial charge on any atom is 0.0456 e. The number of benzene rings is 7. The van der Waals surface area contributed by atoms with Crippen LogP contribution < -0.4 is 9.80 Å². The molecule has 1 saturated carbocycles. The average Bonchev–Trinajstić information content (AvgIpc) is 3.91. The summed E-state index contributed by atoms with van der Waals surface area (Å²) in [5.74, 6) is 0.459. The van der Waals surface area contributed by atoms with Gasteiger partial charge in [0.25, 0.3) is 0 Å². The molecule has 0 saturated heterocycles. The number of nitrogens with zero attached hydrogens (tertiary/aromatic N) is 2. The Morgan fingerprint density at radius 3 is 1.67 bits per heavy atom. The lowest BCUT2D eigenvalue weighted by Crippen LogP contribution is -2.26. The fourth-order valence-corrected chi connectivity index (χ4v) is 9.98. The number of anilines is 3. The van der Waals surface area contributed by atoms with E-state index < -0.39 is 0 Å². The largest absolute Gasteiger partial charge is 0.372 e. The van der Waals surface area contributed by atoms with Crippen LogP contribution in [-0.2, 0) is 0 Å². The van der Waals surface area contributed by atoms with Crippen molar-refractivity contribution in [2.45, 2.75) is 72.8 Å². The molecule has 0 spiro atoms. The molecule has 0 bridgehead atoms. The first-order valence-corrected chi connectivity index (χ1v) is 23.1. The minimum atomic E-state index is 0.426. The fourth-order valence-electron chi connectivity index (χ4n) is 9.98. The second-order valence-electron chi connectivity index (χ2n) is 17.7. The minimum absolute atomic E-state index is 0.426. The molecule has 7 aromatic carbocycles. The maximum atomic E-state index is 2.68. The van der Waals surface area contributed by atoms with Crippen LogP contribution in [0.3, 0.4) is 0 Å². The number of fused-ring (bicyclic) bond motifs is 3. The first-order chi connectivity index (χ1) is 30.8. The third-order valence-corrected chi connectivity index (χ3v) is 13.4. The van der Waals surface area contributed by atoms with E-state index in [1.165, 1.54) is 120 Å². The molecule has 1 heterocycles. The molecule has 2 atom stereocenters. The van der Waals surface area contributed by atoms with Crippen molar-refractivity contribution in [3.05, 3.63) is 231 Å². The van der Waals surface area contributed by atoms with E-state index in [9.17, 15) is 0 Å². The summed E-state index contributed by atoms with van der Waals surface area (Å²) in [7, 11) is 0. The number of aryl methyl sites for hydroxylation is 4. The normalized spacial score (nSPS) is 15.3. The molecule has 0 aromatic heterocycles. The Kier molecular flexibility index (Phi) is 12.2. The molecule has 1 aliphatic heterocycles. The van der Waals surface area contributed by atoms with Gasteiger partial charge in [0.05, 0.1) is 0 Å². The highest BCUT2D eigenvalue weighted by Crippen LogP contribution is 2.56. The van der Waals surface area contributed by atoms with Crippen LogP contribution in [0.5, 0.6) is 0 Å². The summed E-state index contributed by atoms with van der Waals surface area (Å²) in [4.78, 5) is 5.14. The van der Waals surface area contributed by atoms with Crippen LogP contribution in [0.1, 0.15) is 100 Å². The molecule has 1 aliphatic carbocycles. The molecule has 9 rings (SSSR count). The summed E-state index contributed by atoms with van der Waals surface area (Å²) in [5, 5.41) is 0. The standard InChI is InChI=1S/C61H60N2/c1-7-62(8-2)54-14-9-13-52(41-54)60-51(12-10-15-55(47-28-18-42(3)19-29-47)48-30-20-43(4)21-31-48)36-39-59-61(60)56-16-11-17-58(56)63(59)53-37-26-46(27-38-53)40-57(49-32-22-44(5)23-33-49)50-34-24-45(6)25-35-50/h9-10,12-15,18-41,56,58H,7-8,11,16-17H2,1-6H3. The zero-order valence-electron chi connectivity index (χ0n) is 37.9. The summed E-state index contributed by atoms with van der Waals surface area (Å²) in [6, 6.07) is 59.6. The van der Waals surface area contributed by atoms with Gasteiger partial charge >= 0.3 is 0 Å². The van der Waals surface area contributed by atoms with Gasteiger partial charge in [-0.15, -0.1) is 0 Å². The molecule has 63 heavy (non-hydrogen) atoms. The highest BCUT2D eigenvalue weighted by atomic mass is 15.2. The maximum absolute atomic E-state index is 2.68. The first kappa shape index (κ1) is 41.7. The van der Waals surface area contributed by atoms with Crippen LogP contribution in [0.25, 0.3) is 34.4 Å². The summed E-state index contributed by atoms with van der Waals surface area (Å²) in [6.45, 7) is 15.1. The van der Waals surface area contributed by atoms with Gasteiger partial charge in [0.2, 0.25) is 0 Å². The Labute approximate surface area is 376 Å². The van der Waals surface area contributed by atoms with Crippen LogP contribution in [0, 0.1) is 27.7 Å². The Bertz CT molecular complexity index is 2680. The van der Waals surface area contributed by atoms with Gasteiger partial charge in [-0.1, -0.05) is 174 Å². The van der Waals surface area contributed by atoms with Gasteiger partial charge in [-0.2, -0.15) is 0 Å². The molecule has 0 N–H and O–H groups in total. The fraction of sp³-hybridized carbons (Fsp3) is 0.213. The van der Waals surface area contributed by atoms with Crippen LogP contribution >= 0.6 is 0 Å². The van der Waals surface area contributed by atoms with Crippen molar-refractivity contribution in [2.24, 2.45) is 0 Å². The number of rotatable bonds is 12. The Hall–Kier alpha value is -6.64.